The normalized spacial score (nSPS) is 16.9. The Bertz CT molecular complexity index is 471. The number of piperidine rings is 1. The third kappa shape index (κ3) is 3.87. The molecule has 1 aliphatic rings. The minimum Gasteiger partial charge on any atom is -0.482 e. The Hall–Kier alpha value is -1.26. The number of carbonyl (C=O) groups is 1. The molecule has 0 saturated carbocycles. The lowest BCUT2D eigenvalue weighted by atomic mass is 10.1. The van der Waals surface area contributed by atoms with Gasteiger partial charge in [-0.05, 0) is 43.9 Å². The number of hydrogen-bond donors (Lipinski definition) is 1. The van der Waals surface area contributed by atoms with Crippen LogP contribution in [0.25, 0.3) is 0 Å². The maximum Gasteiger partial charge on any atom is 0.260 e. The molecule has 4 nitrogen and oxygen atoms in total. The van der Waals surface area contributed by atoms with Crippen molar-refractivity contribution in [2.75, 3.05) is 19.7 Å². The topological polar surface area (TPSA) is 55.6 Å². The average molecular weight is 297 g/mol. The number of carbonyl (C=O) groups excluding carboxylic acids is 1. The molecule has 1 aliphatic heterocycles. The van der Waals surface area contributed by atoms with Crippen LogP contribution in [-0.4, -0.2) is 30.5 Å². The van der Waals surface area contributed by atoms with Gasteiger partial charge in [-0.3, -0.25) is 4.79 Å². The molecule has 2 N–H and O–H groups in total. The summed E-state index contributed by atoms with van der Waals surface area (Å²) in [7, 11) is 0. The highest BCUT2D eigenvalue weighted by Gasteiger charge is 2.17. The van der Waals surface area contributed by atoms with E-state index in [2.05, 4.69) is 0 Å². The monoisotopic (exact) mass is 296 g/mol. The van der Waals surface area contributed by atoms with E-state index in [9.17, 15) is 4.79 Å². The van der Waals surface area contributed by atoms with Gasteiger partial charge >= 0.3 is 0 Å². The van der Waals surface area contributed by atoms with Crippen LogP contribution in [0.15, 0.2) is 18.2 Å². The molecule has 1 heterocycles. The minimum absolute atomic E-state index is 0.0250. The summed E-state index contributed by atoms with van der Waals surface area (Å²) in [5, 5.41) is 0.492. The van der Waals surface area contributed by atoms with Gasteiger partial charge in [0.1, 0.15) is 5.75 Å². The van der Waals surface area contributed by atoms with E-state index in [1.54, 1.807) is 12.1 Å². The summed E-state index contributed by atoms with van der Waals surface area (Å²) < 4.78 is 5.52. The standard InChI is InChI=1S/C15H21ClN2O2/c1-11(17)12-5-6-14(13(16)9-12)20-10-15(19)18-7-3-2-4-8-18/h5-6,9,11H,2-4,7-8,10,17H2,1H3/t11-/m0/s1. The van der Waals surface area contributed by atoms with E-state index in [4.69, 9.17) is 22.1 Å². The van der Waals surface area contributed by atoms with Gasteiger partial charge in [0.05, 0.1) is 5.02 Å². The van der Waals surface area contributed by atoms with Crippen molar-refractivity contribution < 1.29 is 9.53 Å². The number of likely N-dealkylation sites (tertiary alicyclic amines) is 1. The van der Waals surface area contributed by atoms with Crippen molar-refractivity contribution in [1.29, 1.82) is 0 Å². The van der Waals surface area contributed by atoms with Crippen LogP contribution in [0.4, 0.5) is 0 Å². The van der Waals surface area contributed by atoms with Crippen molar-refractivity contribution in [1.82, 2.24) is 4.90 Å². The van der Waals surface area contributed by atoms with Crippen molar-refractivity contribution in [2.24, 2.45) is 5.73 Å². The highest BCUT2D eigenvalue weighted by atomic mass is 35.5. The van der Waals surface area contributed by atoms with Crippen molar-refractivity contribution in [2.45, 2.75) is 32.2 Å². The summed E-state index contributed by atoms with van der Waals surface area (Å²) in [6.07, 6.45) is 3.36. The van der Waals surface area contributed by atoms with E-state index in [1.165, 1.54) is 6.42 Å². The fourth-order valence-corrected chi connectivity index (χ4v) is 2.53. The fourth-order valence-electron chi connectivity index (χ4n) is 2.29. The molecule has 2 rings (SSSR count). The van der Waals surface area contributed by atoms with E-state index in [0.717, 1.165) is 31.5 Å². The number of rotatable bonds is 4. The molecule has 1 aromatic rings. The van der Waals surface area contributed by atoms with Gasteiger partial charge in [0.2, 0.25) is 0 Å². The van der Waals surface area contributed by atoms with Crippen LogP contribution >= 0.6 is 11.6 Å². The third-order valence-corrected chi connectivity index (χ3v) is 3.84. The lowest BCUT2D eigenvalue weighted by molar-refractivity contribution is -0.134. The van der Waals surface area contributed by atoms with Crippen molar-refractivity contribution in [3.05, 3.63) is 28.8 Å². The minimum atomic E-state index is -0.0727. The summed E-state index contributed by atoms with van der Waals surface area (Å²) in [6.45, 7) is 3.60. The number of amides is 1. The zero-order valence-corrected chi connectivity index (χ0v) is 12.5. The number of nitrogens with two attached hydrogens (primary N) is 1. The quantitative estimate of drug-likeness (QED) is 0.929. The van der Waals surface area contributed by atoms with Gasteiger partial charge in [0.15, 0.2) is 6.61 Å². The Kier molecular flexibility index (Phi) is 5.26. The zero-order valence-electron chi connectivity index (χ0n) is 11.8. The van der Waals surface area contributed by atoms with Crippen LogP contribution in [0.2, 0.25) is 5.02 Å². The highest BCUT2D eigenvalue weighted by Crippen LogP contribution is 2.27. The second kappa shape index (κ2) is 6.95. The van der Waals surface area contributed by atoms with Gasteiger partial charge in [-0.15, -0.1) is 0 Å². The Labute approximate surface area is 124 Å². The summed E-state index contributed by atoms with van der Waals surface area (Å²) >= 11 is 6.14. The first kappa shape index (κ1) is 15.1. The van der Waals surface area contributed by atoms with E-state index in [-0.39, 0.29) is 18.6 Å². The Morgan fingerprint density at radius 1 is 1.40 bits per heavy atom. The van der Waals surface area contributed by atoms with E-state index in [0.29, 0.717) is 10.8 Å². The molecule has 0 radical (unpaired) electrons. The first-order valence-electron chi connectivity index (χ1n) is 7.03. The maximum atomic E-state index is 12.0. The van der Waals surface area contributed by atoms with Gasteiger partial charge in [-0.25, -0.2) is 0 Å². The van der Waals surface area contributed by atoms with Crippen molar-refractivity contribution >= 4 is 17.5 Å². The molecule has 1 aromatic carbocycles. The lowest BCUT2D eigenvalue weighted by Crippen LogP contribution is -2.38. The molecule has 110 valence electrons. The molecule has 0 spiro atoms. The van der Waals surface area contributed by atoms with Crippen LogP contribution in [-0.2, 0) is 4.79 Å². The van der Waals surface area contributed by atoms with E-state index >= 15 is 0 Å². The first-order valence-corrected chi connectivity index (χ1v) is 7.41. The molecule has 0 aliphatic carbocycles. The van der Waals surface area contributed by atoms with Crippen LogP contribution in [0, 0.1) is 0 Å². The number of benzene rings is 1. The fraction of sp³-hybridized carbons (Fsp3) is 0.533. The number of hydrogen-bond acceptors (Lipinski definition) is 3. The predicted octanol–water partition coefficient (Wildman–Crippen LogP) is 2.75. The molecule has 1 fully saturated rings. The van der Waals surface area contributed by atoms with Gasteiger partial charge < -0.3 is 15.4 Å². The van der Waals surface area contributed by atoms with Gasteiger partial charge in [-0.1, -0.05) is 17.7 Å². The Morgan fingerprint density at radius 2 is 2.10 bits per heavy atom. The first-order chi connectivity index (χ1) is 9.58. The molecule has 5 heteroatoms. The summed E-state index contributed by atoms with van der Waals surface area (Å²) in [4.78, 5) is 13.9. The lowest BCUT2D eigenvalue weighted by Gasteiger charge is -2.26. The molecular weight excluding hydrogens is 276 g/mol. The molecule has 0 bridgehead atoms. The Morgan fingerprint density at radius 3 is 2.70 bits per heavy atom. The van der Waals surface area contributed by atoms with Crippen LogP contribution in [0.1, 0.15) is 37.8 Å². The summed E-state index contributed by atoms with van der Waals surface area (Å²) in [5.74, 6) is 0.554. The molecule has 1 amide bonds. The molecule has 1 atom stereocenters. The van der Waals surface area contributed by atoms with Crippen molar-refractivity contribution in [3.63, 3.8) is 0 Å². The summed E-state index contributed by atoms with van der Waals surface area (Å²) in [6, 6.07) is 5.35. The third-order valence-electron chi connectivity index (χ3n) is 3.54. The molecule has 0 unspecified atom stereocenters. The van der Waals surface area contributed by atoms with Crippen LogP contribution < -0.4 is 10.5 Å². The zero-order chi connectivity index (χ0) is 14.5. The van der Waals surface area contributed by atoms with Gasteiger partial charge in [0, 0.05) is 19.1 Å². The SMILES string of the molecule is C[C@H](N)c1ccc(OCC(=O)N2CCCCC2)c(Cl)c1. The Balaban J connectivity index is 1.91. The van der Waals surface area contributed by atoms with Gasteiger partial charge in [-0.2, -0.15) is 0 Å². The molecular formula is C15H21ClN2O2. The van der Waals surface area contributed by atoms with E-state index < -0.39 is 0 Å². The van der Waals surface area contributed by atoms with E-state index in [1.807, 2.05) is 17.9 Å². The molecule has 20 heavy (non-hydrogen) atoms. The predicted molar refractivity (Wildman–Crippen MR) is 80.0 cm³/mol. The molecule has 0 aromatic heterocycles. The maximum absolute atomic E-state index is 12.0. The number of ether oxygens (including phenoxy) is 1. The van der Waals surface area contributed by atoms with Crippen LogP contribution in [0.3, 0.4) is 0 Å². The summed E-state index contributed by atoms with van der Waals surface area (Å²) in [5.41, 5.74) is 6.74. The number of nitrogens with zero attached hydrogens (tertiary/aromatic N) is 1. The highest BCUT2D eigenvalue weighted by molar-refractivity contribution is 6.32. The average Bonchev–Trinajstić information content (AvgIpc) is 2.46. The smallest absolute Gasteiger partial charge is 0.260 e. The molecule has 1 saturated heterocycles. The second-order valence-electron chi connectivity index (χ2n) is 5.21. The number of halogens is 1. The van der Waals surface area contributed by atoms with Crippen molar-refractivity contribution in [3.8, 4) is 5.75 Å². The largest absolute Gasteiger partial charge is 0.482 e. The van der Waals surface area contributed by atoms with Gasteiger partial charge in [0.25, 0.3) is 5.91 Å². The second-order valence-corrected chi connectivity index (χ2v) is 5.62. The van der Waals surface area contributed by atoms with Crippen LogP contribution in [0.5, 0.6) is 5.75 Å².